The van der Waals surface area contributed by atoms with Gasteiger partial charge in [-0.2, -0.15) is 5.26 Å². The molecule has 2 N–H and O–H groups in total. The van der Waals surface area contributed by atoms with E-state index in [0.717, 1.165) is 45.3 Å². The van der Waals surface area contributed by atoms with Crippen LogP contribution in [0.1, 0.15) is 44.9 Å². The first-order valence-corrected chi connectivity index (χ1v) is 7.26. The normalized spacial score (nSPS) is 26.1. The summed E-state index contributed by atoms with van der Waals surface area (Å²) < 4.78 is 0. The summed E-state index contributed by atoms with van der Waals surface area (Å²) in [5.74, 6) is 5.80. The van der Waals surface area contributed by atoms with Gasteiger partial charge in [0.1, 0.15) is 0 Å². The number of piperidine rings is 1. The molecule has 0 amide bonds. The van der Waals surface area contributed by atoms with Crippen LogP contribution in [0.3, 0.4) is 0 Å². The number of nitrogens with zero attached hydrogens (tertiary/aromatic N) is 3. The molecular weight excluding hydrogens is 224 g/mol. The van der Waals surface area contributed by atoms with Crippen LogP contribution in [-0.4, -0.2) is 42.6 Å². The summed E-state index contributed by atoms with van der Waals surface area (Å²) in [4.78, 5) is 2.42. The topological polar surface area (TPSA) is 56.3 Å². The van der Waals surface area contributed by atoms with Gasteiger partial charge in [0.25, 0.3) is 0 Å². The molecule has 18 heavy (non-hydrogen) atoms. The van der Waals surface area contributed by atoms with E-state index >= 15 is 0 Å². The fourth-order valence-electron chi connectivity index (χ4n) is 3.47. The third kappa shape index (κ3) is 3.23. The Kier molecular flexibility index (Phi) is 4.60. The first kappa shape index (κ1) is 13.8. The van der Waals surface area contributed by atoms with Crippen LogP contribution in [-0.2, 0) is 0 Å². The summed E-state index contributed by atoms with van der Waals surface area (Å²) in [5.41, 5.74) is -0.0765. The summed E-state index contributed by atoms with van der Waals surface area (Å²) in [6.45, 7) is 2.90. The molecule has 1 aliphatic heterocycles. The summed E-state index contributed by atoms with van der Waals surface area (Å²) in [7, 11) is 2.19. The number of rotatable bonds is 3. The fourth-order valence-corrected chi connectivity index (χ4v) is 3.47. The monoisotopic (exact) mass is 250 g/mol. The molecule has 0 aromatic rings. The lowest BCUT2D eigenvalue weighted by molar-refractivity contribution is 0.0893. The maximum Gasteiger partial charge on any atom is 0.0703 e. The second-order valence-electron chi connectivity index (χ2n) is 6.14. The van der Waals surface area contributed by atoms with Crippen molar-refractivity contribution in [2.75, 3.05) is 26.7 Å². The molecule has 0 atom stereocenters. The Morgan fingerprint density at radius 3 is 2.44 bits per heavy atom. The van der Waals surface area contributed by atoms with Gasteiger partial charge in [-0.25, -0.2) is 5.01 Å². The van der Waals surface area contributed by atoms with Crippen LogP contribution in [0.15, 0.2) is 0 Å². The molecule has 102 valence electrons. The van der Waals surface area contributed by atoms with Gasteiger partial charge in [0, 0.05) is 25.7 Å². The van der Waals surface area contributed by atoms with Crippen LogP contribution in [0, 0.1) is 16.7 Å². The minimum absolute atomic E-state index is 0.0765. The van der Waals surface area contributed by atoms with Gasteiger partial charge in [-0.1, -0.05) is 19.3 Å². The van der Waals surface area contributed by atoms with Gasteiger partial charge in [0.2, 0.25) is 0 Å². The second-order valence-corrected chi connectivity index (χ2v) is 6.14. The van der Waals surface area contributed by atoms with Gasteiger partial charge < -0.3 is 4.90 Å². The molecule has 0 aromatic carbocycles. The lowest BCUT2D eigenvalue weighted by Gasteiger charge is -2.40. The molecule has 1 saturated heterocycles. The van der Waals surface area contributed by atoms with Gasteiger partial charge >= 0.3 is 0 Å². The highest BCUT2D eigenvalue weighted by Gasteiger charge is 2.35. The molecule has 0 bridgehead atoms. The third-order valence-corrected chi connectivity index (χ3v) is 4.72. The van der Waals surface area contributed by atoms with E-state index in [2.05, 4.69) is 18.0 Å². The zero-order valence-electron chi connectivity index (χ0n) is 11.6. The van der Waals surface area contributed by atoms with E-state index in [1.54, 1.807) is 0 Å². The molecule has 0 unspecified atom stereocenters. The van der Waals surface area contributed by atoms with Crippen molar-refractivity contribution in [2.45, 2.75) is 51.0 Å². The van der Waals surface area contributed by atoms with E-state index in [4.69, 9.17) is 5.84 Å². The molecule has 1 saturated carbocycles. The zero-order chi connectivity index (χ0) is 13.0. The molecule has 4 nitrogen and oxygen atoms in total. The number of hydrogen-bond acceptors (Lipinski definition) is 4. The third-order valence-electron chi connectivity index (χ3n) is 4.72. The lowest BCUT2D eigenvalue weighted by atomic mass is 9.74. The molecule has 1 aliphatic carbocycles. The lowest BCUT2D eigenvalue weighted by Crippen LogP contribution is -2.48. The van der Waals surface area contributed by atoms with Crippen molar-refractivity contribution >= 4 is 0 Å². The van der Waals surface area contributed by atoms with Gasteiger partial charge in [0.05, 0.1) is 11.5 Å². The highest BCUT2D eigenvalue weighted by Crippen LogP contribution is 2.36. The smallest absolute Gasteiger partial charge is 0.0703 e. The average Bonchev–Trinajstić information content (AvgIpc) is 2.40. The van der Waals surface area contributed by atoms with Gasteiger partial charge in [0.15, 0.2) is 0 Å². The number of hydrogen-bond donors (Lipinski definition) is 1. The van der Waals surface area contributed by atoms with Crippen LogP contribution in [0.5, 0.6) is 0 Å². The van der Waals surface area contributed by atoms with E-state index in [9.17, 15) is 5.26 Å². The first-order chi connectivity index (χ1) is 8.65. The maximum atomic E-state index is 9.53. The van der Waals surface area contributed by atoms with Gasteiger partial charge in [-0.3, -0.25) is 5.84 Å². The van der Waals surface area contributed by atoms with Crippen LogP contribution in [0.4, 0.5) is 0 Å². The van der Waals surface area contributed by atoms with Crippen molar-refractivity contribution in [2.24, 2.45) is 11.3 Å². The number of nitriles is 1. The van der Waals surface area contributed by atoms with E-state index in [0.29, 0.717) is 6.04 Å². The van der Waals surface area contributed by atoms with Crippen LogP contribution in [0.25, 0.3) is 0 Å². The Morgan fingerprint density at radius 1 is 1.28 bits per heavy atom. The van der Waals surface area contributed by atoms with E-state index < -0.39 is 0 Å². The van der Waals surface area contributed by atoms with Crippen molar-refractivity contribution in [1.82, 2.24) is 9.91 Å². The highest BCUT2D eigenvalue weighted by molar-refractivity contribution is 5.02. The quantitative estimate of drug-likeness (QED) is 0.775. The standard InChI is InChI=1S/C14H26N4/c1-17(13-5-9-18(16)10-6-13)12-14(11-15)7-3-2-4-8-14/h13H,2-10,12,16H2,1H3. The zero-order valence-corrected chi connectivity index (χ0v) is 11.6. The van der Waals surface area contributed by atoms with Gasteiger partial charge in [-0.15, -0.1) is 0 Å². The molecule has 0 radical (unpaired) electrons. The average molecular weight is 250 g/mol. The van der Waals surface area contributed by atoms with Crippen LogP contribution >= 0.6 is 0 Å². The van der Waals surface area contributed by atoms with Crippen molar-refractivity contribution in [3.63, 3.8) is 0 Å². The van der Waals surface area contributed by atoms with Crippen LogP contribution in [0.2, 0.25) is 0 Å². The SMILES string of the molecule is CN(CC1(C#N)CCCCC1)C1CCN(N)CC1. The van der Waals surface area contributed by atoms with Gasteiger partial charge in [-0.05, 0) is 32.7 Å². The Hall–Kier alpha value is -0.630. The summed E-state index contributed by atoms with van der Waals surface area (Å²) in [6.07, 6.45) is 8.19. The largest absolute Gasteiger partial charge is 0.302 e. The number of nitrogens with two attached hydrogens (primary N) is 1. The Morgan fingerprint density at radius 2 is 1.89 bits per heavy atom. The minimum Gasteiger partial charge on any atom is -0.302 e. The van der Waals surface area contributed by atoms with Crippen molar-refractivity contribution in [3.05, 3.63) is 0 Å². The Balaban J connectivity index is 1.89. The fraction of sp³-hybridized carbons (Fsp3) is 0.929. The summed E-state index contributed by atoms with van der Waals surface area (Å²) in [5, 5.41) is 11.4. The molecule has 0 spiro atoms. The van der Waals surface area contributed by atoms with Crippen molar-refractivity contribution < 1.29 is 0 Å². The van der Waals surface area contributed by atoms with E-state index in [1.165, 1.54) is 19.3 Å². The number of hydrazine groups is 1. The second kappa shape index (κ2) is 6.01. The molecular formula is C14H26N4. The minimum atomic E-state index is -0.0765. The van der Waals surface area contributed by atoms with Crippen LogP contribution < -0.4 is 5.84 Å². The van der Waals surface area contributed by atoms with E-state index in [1.807, 2.05) is 5.01 Å². The molecule has 1 heterocycles. The predicted octanol–water partition coefficient (Wildman–Crippen LogP) is 1.73. The molecule has 2 rings (SSSR count). The molecule has 0 aromatic heterocycles. The predicted molar refractivity (Wildman–Crippen MR) is 72.5 cm³/mol. The summed E-state index contributed by atoms with van der Waals surface area (Å²) >= 11 is 0. The van der Waals surface area contributed by atoms with Crippen molar-refractivity contribution in [1.29, 1.82) is 5.26 Å². The Bertz CT molecular complexity index is 295. The first-order valence-electron chi connectivity index (χ1n) is 7.26. The molecule has 4 heteroatoms. The maximum absolute atomic E-state index is 9.53. The van der Waals surface area contributed by atoms with Crippen molar-refractivity contribution in [3.8, 4) is 6.07 Å². The molecule has 2 fully saturated rings. The highest BCUT2D eigenvalue weighted by atomic mass is 15.4. The Labute approximate surface area is 111 Å². The summed E-state index contributed by atoms with van der Waals surface area (Å²) in [6, 6.07) is 3.23. The molecule has 2 aliphatic rings. The van der Waals surface area contributed by atoms with E-state index in [-0.39, 0.29) is 5.41 Å².